The van der Waals surface area contributed by atoms with E-state index >= 15 is 0 Å². The maximum Gasteiger partial charge on any atom is 0.238 e. The molecule has 0 heterocycles. The number of para-hydroxylation sites is 1. The van der Waals surface area contributed by atoms with Crippen molar-refractivity contribution in [1.82, 2.24) is 5.32 Å². The summed E-state index contributed by atoms with van der Waals surface area (Å²) in [6.45, 7) is 2.12. The van der Waals surface area contributed by atoms with E-state index in [9.17, 15) is 9.18 Å². The highest BCUT2D eigenvalue weighted by Gasteiger charge is 2.11. The number of benzene rings is 3. The van der Waals surface area contributed by atoms with Crippen LogP contribution in [0.1, 0.15) is 18.5 Å². The lowest BCUT2D eigenvalue weighted by molar-refractivity contribution is -0.115. The number of carbonyl (C=O) groups excluding carboxylic acids is 1. The van der Waals surface area contributed by atoms with Gasteiger partial charge < -0.3 is 10.6 Å². The van der Waals surface area contributed by atoms with Crippen LogP contribution in [0.2, 0.25) is 0 Å². The molecule has 0 spiro atoms. The maximum absolute atomic E-state index is 13.6. The molecule has 0 aliphatic carbocycles. The van der Waals surface area contributed by atoms with Crippen LogP contribution in [0.4, 0.5) is 10.1 Å². The van der Waals surface area contributed by atoms with Crippen LogP contribution in [-0.2, 0) is 4.79 Å². The molecule has 3 rings (SSSR count). The number of halogens is 1. The van der Waals surface area contributed by atoms with Crippen molar-refractivity contribution >= 4 is 22.4 Å². The van der Waals surface area contributed by atoms with Gasteiger partial charge >= 0.3 is 0 Å². The van der Waals surface area contributed by atoms with E-state index in [1.54, 1.807) is 18.2 Å². The number of carbonyl (C=O) groups is 1. The van der Waals surface area contributed by atoms with Gasteiger partial charge in [-0.05, 0) is 35.4 Å². The molecule has 3 nitrogen and oxygen atoms in total. The molecule has 0 aromatic heterocycles. The lowest BCUT2D eigenvalue weighted by Gasteiger charge is -2.16. The van der Waals surface area contributed by atoms with Crippen molar-refractivity contribution in [3.63, 3.8) is 0 Å². The molecule has 3 aromatic rings. The molecule has 0 saturated heterocycles. The summed E-state index contributed by atoms with van der Waals surface area (Å²) in [7, 11) is 0. The van der Waals surface area contributed by atoms with E-state index in [2.05, 4.69) is 34.9 Å². The zero-order valence-corrected chi connectivity index (χ0v) is 13.4. The lowest BCUT2D eigenvalue weighted by atomic mass is 10.00. The Hall–Kier alpha value is -2.72. The van der Waals surface area contributed by atoms with Crippen LogP contribution in [0.15, 0.2) is 66.7 Å². The third-order valence-corrected chi connectivity index (χ3v) is 4.01. The van der Waals surface area contributed by atoms with Crippen LogP contribution in [0.3, 0.4) is 0 Å². The van der Waals surface area contributed by atoms with Crippen molar-refractivity contribution in [2.24, 2.45) is 0 Å². The molecule has 0 aliphatic heterocycles. The quantitative estimate of drug-likeness (QED) is 0.736. The highest BCUT2D eigenvalue weighted by atomic mass is 19.1. The number of hydrogen-bond acceptors (Lipinski definition) is 2. The van der Waals surface area contributed by atoms with Crippen molar-refractivity contribution in [1.29, 1.82) is 0 Å². The van der Waals surface area contributed by atoms with Gasteiger partial charge in [-0.3, -0.25) is 4.79 Å². The van der Waals surface area contributed by atoms with Crippen molar-refractivity contribution in [2.45, 2.75) is 13.0 Å². The average Bonchev–Trinajstić information content (AvgIpc) is 2.61. The van der Waals surface area contributed by atoms with Crippen LogP contribution in [0, 0.1) is 5.82 Å². The topological polar surface area (TPSA) is 41.1 Å². The van der Waals surface area contributed by atoms with Crippen LogP contribution in [0.5, 0.6) is 0 Å². The van der Waals surface area contributed by atoms with E-state index in [0.717, 1.165) is 10.9 Å². The summed E-state index contributed by atoms with van der Waals surface area (Å²) in [5.74, 6) is -0.708. The largest absolute Gasteiger partial charge is 0.322 e. The molecule has 0 unspecified atom stereocenters. The molecule has 0 bridgehead atoms. The summed E-state index contributed by atoms with van der Waals surface area (Å²) < 4.78 is 13.6. The SMILES string of the molecule is C[C@@H](NCC(=O)Nc1ccccc1F)c1cccc2ccccc12. The van der Waals surface area contributed by atoms with Gasteiger partial charge in [0, 0.05) is 6.04 Å². The van der Waals surface area contributed by atoms with Crippen molar-refractivity contribution in [2.75, 3.05) is 11.9 Å². The summed E-state index contributed by atoms with van der Waals surface area (Å²) in [5, 5.41) is 8.10. The molecule has 0 saturated carbocycles. The Morgan fingerprint density at radius 3 is 2.54 bits per heavy atom. The molecule has 122 valence electrons. The van der Waals surface area contributed by atoms with E-state index in [-0.39, 0.29) is 24.2 Å². The molecule has 3 aromatic carbocycles. The Bertz CT molecular complexity index is 858. The molecule has 1 atom stereocenters. The molecule has 4 heteroatoms. The monoisotopic (exact) mass is 322 g/mol. The van der Waals surface area contributed by atoms with E-state index in [1.165, 1.54) is 11.5 Å². The van der Waals surface area contributed by atoms with Crippen LogP contribution in [0.25, 0.3) is 10.8 Å². The summed E-state index contributed by atoms with van der Waals surface area (Å²) in [6.07, 6.45) is 0. The highest BCUT2D eigenvalue weighted by molar-refractivity contribution is 5.92. The maximum atomic E-state index is 13.6. The Kier molecular flexibility index (Phi) is 4.87. The second kappa shape index (κ2) is 7.23. The molecular formula is C20H19FN2O. The first kappa shape index (κ1) is 16.1. The van der Waals surface area contributed by atoms with Gasteiger partial charge in [0.2, 0.25) is 5.91 Å². The third-order valence-electron chi connectivity index (χ3n) is 4.01. The van der Waals surface area contributed by atoms with Gasteiger partial charge in [-0.1, -0.05) is 54.6 Å². The van der Waals surface area contributed by atoms with Gasteiger partial charge in [0.25, 0.3) is 0 Å². The fourth-order valence-corrected chi connectivity index (χ4v) is 2.74. The standard InChI is InChI=1S/C20H19FN2O/c1-14(16-10-6-8-15-7-2-3-9-17(15)16)22-13-20(24)23-19-12-5-4-11-18(19)21/h2-12,14,22H,13H2,1H3,(H,23,24)/t14-/m1/s1. The first-order valence-corrected chi connectivity index (χ1v) is 7.90. The van der Waals surface area contributed by atoms with Crippen LogP contribution in [-0.4, -0.2) is 12.5 Å². The van der Waals surface area contributed by atoms with Crippen LogP contribution >= 0.6 is 0 Å². The fourth-order valence-electron chi connectivity index (χ4n) is 2.74. The minimum atomic E-state index is -0.437. The van der Waals surface area contributed by atoms with Crippen LogP contribution < -0.4 is 10.6 Å². The number of amides is 1. The zero-order chi connectivity index (χ0) is 16.9. The van der Waals surface area contributed by atoms with E-state index in [0.29, 0.717) is 0 Å². The summed E-state index contributed by atoms with van der Waals surface area (Å²) in [6, 6.07) is 20.4. The summed E-state index contributed by atoms with van der Waals surface area (Å²) in [4.78, 5) is 12.0. The minimum absolute atomic E-state index is 0.00229. The molecule has 1 amide bonds. The third kappa shape index (κ3) is 3.60. The number of rotatable bonds is 5. The molecule has 0 fully saturated rings. The molecule has 0 radical (unpaired) electrons. The zero-order valence-electron chi connectivity index (χ0n) is 13.4. The first-order valence-electron chi connectivity index (χ1n) is 7.90. The predicted molar refractivity (Wildman–Crippen MR) is 95.4 cm³/mol. The second-order valence-electron chi connectivity index (χ2n) is 5.70. The Labute approximate surface area is 140 Å². The van der Waals surface area contributed by atoms with Crippen molar-refractivity contribution in [3.05, 3.63) is 78.1 Å². The number of nitrogens with one attached hydrogen (secondary N) is 2. The molecule has 0 aliphatic rings. The molecular weight excluding hydrogens is 303 g/mol. The lowest BCUT2D eigenvalue weighted by Crippen LogP contribution is -2.30. The van der Waals surface area contributed by atoms with Gasteiger partial charge in [-0.15, -0.1) is 0 Å². The van der Waals surface area contributed by atoms with Crippen molar-refractivity contribution in [3.8, 4) is 0 Å². The Morgan fingerprint density at radius 1 is 1.00 bits per heavy atom. The van der Waals surface area contributed by atoms with E-state index in [4.69, 9.17) is 0 Å². The van der Waals surface area contributed by atoms with Gasteiger partial charge in [-0.25, -0.2) is 4.39 Å². The summed E-state index contributed by atoms with van der Waals surface area (Å²) >= 11 is 0. The Morgan fingerprint density at radius 2 is 1.71 bits per heavy atom. The average molecular weight is 322 g/mol. The number of fused-ring (bicyclic) bond motifs is 1. The normalized spacial score (nSPS) is 12.1. The predicted octanol–water partition coefficient (Wildman–Crippen LogP) is 4.27. The number of anilines is 1. The summed E-state index contributed by atoms with van der Waals surface area (Å²) in [5.41, 5.74) is 1.33. The van der Waals surface area contributed by atoms with Gasteiger partial charge in [0.05, 0.1) is 12.2 Å². The number of hydrogen-bond donors (Lipinski definition) is 2. The molecule has 2 N–H and O–H groups in total. The van der Waals surface area contributed by atoms with Gasteiger partial charge in [0.15, 0.2) is 0 Å². The smallest absolute Gasteiger partial charge is 0.238 e. The minimum Gasteiger partial charge on any atom is -0.322 e. The van der Waals surface area contributed by atoms with E-state index in [1.807, 2.05) is 25.1 Å². The van der Waals surface area contributed by atoms with E-state index < -0.39 is 5.82 Å². The van der Waals surface area contributed by atoms with Crippen molar-refractivity contribution < 1.29 is 9.18 Å². The van der Waals surface area contributed by atoms with Gasteiger partial charge in [-0.2, -0.15) is 0 Å². The molecule has 24 heavy (non-hydrogen) atoms. The van der Waals surface area contributed by atoms with Gasteiger partial charge in [0.1, 0.15) is 5.82 Å². The Balaban J connectivity index is 1.65. The second-order valence-corrected chi connectivity index (χ2v) is 5.70. The first-order chi connectivity index (χ1) is 11.6. The fraction of sp³-hybridized carbons (Fsp3) is 0.150. The highest BCUT2D eigenvalue weighted by Crippen LogP contribution is 2.23.